The Kier molecular flexibility index (Phi) is 6.54. The van der Waals surface area contributed by atoms with Crippen LogP contribution in [0.15, 0.2) is 79.0 Å². The van der Waals surface area contributed by atoms with Crippen molar-refractivity contribution < 1.29 is 4.74 Å². The molecule has 1 N–H and O–H groups in total. The van der Waals surface area contributed by atoms with Crippen molar-refractivity contribution in [2.45, 2.75) is 26.2 Å². The molecule has 0 amide bonds. The minimum Gasteiger partial charge on any atom is -0.492 e. The van der Waals surface area contributed by atoms with Gasteiger partial charge in [-0.25, -0.2) is 0 Å². The van der Waals surface area contributed by atoms with Crippen LogP contribution in [0.5, 0.6) is 5.75 Å². The lowest BCUT2D eigenvalue weighted by molar-refractivity contribution is 0.238. The summed E-state index contributed by atoms with van der Waals surface area (Å²) in [6, 6.07) is 25.8. The minimum atomic E-state index is 0.740. The summed E-state index contributed by atoms with van der Waals surface area (Å²) in [5.41, 5.74) is 7.31. The Labute approximate surface area is 195 Å². The van der Waals surface area contributed by atoms with Crippen LogP contribution in [0, 0.1) is 0 Å². The number of aromatic nitrogens is 2. The van der Waals surface area contributed by atoms with Crippen LogP contribution < -0.4 is 4.74 Å². The average Bonchev–Trinajstić information content (AvgIpc) is 3.55. The molecule has 1 fully saturated rings. The number of nitrogens with one attached hydrogen (secondary N) is 1. The highest BCUT2D eigenvalue weighted by molar-refractivity contribution is 6.00. The maximum Gasteiger partial charge on any atom is 0.119 e. The molecule has 1 aliphatic rings. The van der Waals surface area contributed by atoms with Crippen LogP contribution >= 0.6 is 0 Å². The van der Waals surface area contributed by atoms with E-state index in [0.29, 0.717) is 0 Å². The zero-order valence-corrected chi connectivity index (χ0v) is 19.3. The van der Waals surface area contributed by atoms with E-state index in [4.69, 9.17) is 4.74 Å². The Morgan fingerprint density at radius 2 is 1.67 bits per heavy atom. The molecule has 1 aliphatic heterocycles. The van der Waals surface area contributed by atoms with Gasteiger partial charge in [0.25, 0.3) is 0 Å². The second-order valence-corrected chi connectivity index (χ2v) is 8.67. The van der Waals surface area contributed by atoms with Gasteiger partial charge in [0.2, 0.25) is 0 Å². The van der Waals surface area contributed by atoms with Crippen LogP contribution in [0.3, 0.4) is 0 Å². The van der Waals surface area contributed by atoms with Crippen molar-refractivity contribution in [3.05, 3.63) is 95.7 Å². The normalized spacial score (nSPS) is 15.1. The third-order valence-electron chi connectivity index (χ3n) is 6.52. The van der Waals surface area contributed by atoms with E-state index in [1.165, 1.54) is 53.8 Å². The van der Waals surface area contributed by atoms with E-state index in [1.807, 2.05) is 6.20 Å². The van der Waals surface area contributed by atoms with Gasteiger partial charge in [-0.1, -0.05) is 55.5 Å². The molecular weight excluding hydrogens is 406 g/mol. The van der Waals surface area contributed by atoms with Gasteiger partial charge in [-0.05, 0) is 84.5 Å². The number of ether oxygens (including phenoxy) is 1. The molecule has 0 bridgehead atoms. The van der Waals surface area contributed by atoms with Crippen LogP contribution in [-0.2, 0) is 0 Å². The van der Waals surface area contributed by atoms with Crippen LogP contribution in [0.1, 0.15) is 42.9 Å². The molecule has 2 heterocycles. The first-order valence-electron chi connectivity index (χ1n) is 12.0. The average molecular weight is 438 g/mol. The fourth-order valence-electron chi connectivity index (χ4n) is 4.79. The first-order chi connectivity index (χ1) is 16.3. The number of aromatic amines is 1. The molecule has 0 radical (unpaired) electrons. The molecule has 4 aromatic rings. The Morgan fingerprint density at radius 1 is 0.909 bits per heavy atom. The van der Waals surface area contributed by atoms with Crippen molar-refractivity contribution in [2.24, 2.45) is 0 Å². The Bertz CT molecular complexity index is 1220. The number of likely N-dealkylation sites (tertiary alicyclic amines) is 1. The molecule has 1 saturated heterocycles. The fraction of sp³-hybridized carbons (Fsp3) is 0.276. The molecule has 1 aromatic heterocycles. The highest BCUT2D eigenvalue weighted by Crippen LogP contribution is 2.36. The maximum absolute atomic E-state index is 6.06. The summed E-state index contributed by atoms with van der Waals surface area (Å²) in [4.78, 5) is 2.48. The molecule has 4 nitrogen and oxygen atoms in total. The quantitative estimate of drug-likeness (QED) is 0.324. The number of H-pyrrole nitrogens is 1. The summed E-state index contributed by atoms with van der Waals surface area (Å²) >= 11 is 0. The summed E-state index contributed by atoms with van der Waals surface area (Å²) < 4.78 is 6.06. The van der Waals surface area contributed by atoms with Crippen molar-refractivity contribution in [1.29, 1.82) is 0 Å². The van der Waals surface area contributed by atoms with Gasteiger partial charge in [-0.3, -0.25) is 10.00 Å². The van der Waals surface area contributed by atoms with Gasteiger partial charge in [0.1, 0.15) is 12.4 Å². The lowest BCUT2D eigenvalue weighted by atomic mass is 9.88. The number of allylic oxidation sites excluding steroid dienone is 1. The number of hydrogen-bond donors (Lipinski definition) is 1. The smallest absolute Gasteiger partial charge is 0.119 e. The van der Waals surface area contributed by atoms with Crippen LogP contribution in [0.2, 0.25) is 0 Å². The second-order valence-electron chi connectivity index (χ2n) is 8.67. The van der Waals surface area contributed by atoms with Gasteiger partial charge in [-0.15, -0.1) is 0 Å². The van der Waals surface area contributed by atoms with Crippen LogP contribution in [-0.4, -0.2) is 41.3 Å². The third-order valence-corrected chi connectivity index (χ3v) is 6.52. The van der Waals surface area contributed by atoms with Crippen molar-refractivity contribution in [3.63, 3.8) is 0 Å². The second kappa shape index (κ2) is 10.1. The van der Waals surface area contributed by atoms with E-state index in [-0.39, 0.29) is 0 Å². The Morgan fingerprint density at radius 3 is 2.42 bits per heavy atom. The van der Waals surface area contributed by atoms with Gasteiger partial charge in [0, 0.05) is 11.9 Å². The van der Waals surface area contributed by atoms with Gasteiger partial charge in [-0.2, -0.15) is 5.10 Å². The van der Waals surface area contributed by atoms with E-state index >= 15 is 0 Å². The molecular formula is C29H31N3O. The molecule has 4 heteroatoms. The maximum atomic E-state index is 6.06. The largest absolute Gasteiger partial charge is 0.492 e. The highest BCUT2D eigenvalue weighted by atomic mass is 16.5. The van der Waals surface area contributed by atoms with Gasteiger partial charge in [0.15, 0.2) is 0 Å². The number of fused-ring (bicyclic) bond motifs is 1. The minimum absolute atomic E-state index is 0.740. The number of benzene rings is 3. The number of rotatable bonds is 8. The molecule has 0 saturated carbocycles. The van der Waals surface area contributed by atoms with Crippen molar-refractivity contribution >= 4 is 22.0 Å². The predicted molar refractivity (Wildman–Crippen MR) is 136 cm³/mol. The summed E-state index contributed by atoms with van der Waals surface area (Å²) in [6.07, 6.45) is 5.46. The lowest BCUT2D eigenvalue weighted by Gasteiger charge is -2.18. The van der Waals surface area contributed by atoms with Gasteiger partial charge >= 0.3 is 0 Å². The van der Waals surface area contributed by atoms with Crippen molar-refractivity contribution in [3.8, 4) is 5.75 Å². The van der Waals surface area contributed by atoms with E-state index < -0.39 is 0 Å². The molecule has 33 heavy (non-hydrogen) atoms. The van der Waals surface area contributed by atoms with E-state index in [0.717, 1.165) is 36.2 Å². The topological polar surface area (TPSA) is 41.1 Å². The summed E-state index contributed by atoms with van der Waals surface area (Å²) in [5.74, 6) is 0.931. The molecule has 0 aliphatic carbocycles. The molecule has 5 rings (SSSR count). The zero-order chi connectivity index (χ0) is 22.5. The van der Waals surface area contributed by atoms with E-state index in [1.54, 1.807) is 0 Å². The molecule has 3 aromatic carbocycles. The standard InChI is InChI=1S/C29H31N3O/c1-2-27(22-8-4-3-5-9-22)29(24-12-15-28-25(20-24)21-30-31-28)23-10-13-26(14-11-23)33-19-18-32-16-6-7-17-32/h3-5,8-15,20-21H,2,6-7,16-19H2,1H3,(H,30,31). The highest BCUT2D eigenvalue weighted by Gasteiger charge is 2.15. The van der Waals surface area contributed by atoms with E-state index in [2.05, 4.69) is 94.8 Å². The zero-order valence-electron chi connectivity index (χ0n) is 19.3. The SMILES string of the molecule is CCC(=C(c1ccc(OCCN2CCCC2)cc1)c1ccc2[nH]ncc2c1)c1ccccc1. The van der Waals surface area contributed by atoms with Crippen molar-refractivity contribution in [2.75, 3.05) is 26.2 Å². The monoisotopic (exact) mass is 437 g/mol. The van der Waals surface area contributed by atoms with Crippen LogP contribution in [0.4, 0.5) is 0 Å². The lowest BCUT2D eigenvalue weighted by Crippen LogP contribution is -2.25. The first kappa shape index (κ1) is 21.5. The summed E-state index contributed by atoms with van der Waals surface area (Å²) in [7, 11) is 0. The third kappa shape index (κ3) is 4.86. The predicted octanol–water partition coefficient (Wildman–Crippen LogP) is 6.41. The molecule has 0 atom stereocenters. The van der Waals surface area contributed by atoms with E-state index in [9.17, 15) is 0 Å². The van der Waals surface area contributed by atoms with Crippen LogP contribution in [0.25, 0.3) is 22.0 Å². The number of nitrogens with zero attached hydrogens (tertiary/aromatic N) is 2. The van der Waals surface area contributed by atoms with Gasteiger partial charge < -0.3 is 4.74 Å². The van der Waals surface area contributed by atoms with Gasteiger partial charge in [0.05, 0.1) is 11.7 Å². The Balaban J connectivity index is 1.48. The molecule has 0 unspecified atom stereocenters. The Hall–Kier alpha value is -3.37. The van der Waals surface area contributed by atoms with Crippen molar-refractivity contribution in [1.82, 2.24) is 15.1 Å². The summed E-state index contributed by atoms with van der Waals surface area (Å²) in [5, 5.41) is 8.39. The summed E-state index contributed by atoms with van der Waals surface area (Å²) in [6.45, 7) is 6.39. The molecule has 168 valence electrons. The molecule has 0 spiro atoms. The number of hydrogen-bond acceptors (Lipinski definition) is 3. The fourth-order valence-corrected chi connectivity index (χ4v) is 4.79. The first-order valence-corrected chi connectivity index (χ1v) is 12.0.